The molecule has 1 saturated carbocycles. The van der Waals surface area contributed by atoms with Gasteiger partial charge in [0.05, 0.1) is 5.69 Å². The molecule has 3 aliphatic rings. The van der Waals surface area contributed by atoms with E-state index in [2.05, 4.69) is 9.97 Å². The SMILES string of the molecule is CC(=O)N1CC2(c3nc(-c4cccnc4)cc(=O)[nH]3)CCC1CC2. The molecule has 1 aliphatic carbocycles. The Balaban J connectivity index is 1.78. The fourth-order valence-corrected chi connectivity index (χ4v) is 4.13. The van der Waals surface area contributed by atoms with Crippen LogP contribution in [0, 0.1) is 0 Å². The minimum atomic E-state index is -0.238. The van der Waals surface area contributed by atoms with Crippen molar-refractivity contribution in [3.63, 3.8) is 0 Å². The lowest BCUT2D eigenvalue weighted by Crippen LogP contribution is -2.58. The van der Waals surface area contributed by atoms with Crippen LogP contribution in [0.1, 0.15) is 38.4 Å². The molecule has 2 aromatic heterocycles. The molecule has 24 heavy (non-hydrogen) atoms. The Morgan fingerprint density at radius 1 is 1.38 bits per heavy atom. The Kier molecular flexibility index (Phi) is 3.48. The summed E-state index contributed by atoms with van der Waals surface area (Å²) in [4.78, 5) is 37.9. The third-order valence-corrected chi connectivity index (χ3v) is 5.43. The molecular weight excluding hydrogens is 304 g/mol. The van der Waals surface area contributed by atoms with Gasteiger partial charge < -0.3 is 9.88 Å². The highest BCUT2D eigenvalue weighted by atomic mass is 16.2. The first-order valence-corrected chi connectivity index (χ1v) is 8.37. The Morgan fingerprint density at radius 3 is 2.83 bits per heavy atom. The number of aromatic amines is 1. The maximum atomic E-state index is 12.2. The summed E-state index contributed by atoms with van der Waals surface area (Å²) in [6.45, 7) is 2.27. The Labute approximate surface area is 140 Å². The van der Waals surface area contributed by atoms with Crippen LogP contribution in [0.15, 0.2) is 35.4 Å². The number of hydrogen-bond donors (Lipinski definition) is 1. The van der Waals surface area contributed by atoms with Gasteiger partial charge in [-0.1, -0.05) is 0 Å². The number of fused-ring (bicyclic) bond motifs is 3. The largest absolute Gasteiger partial charge is 0.339 e. The standard InChI is InChI=1S/C18H20N4O2/c1-12(23)22-11-18(6-4-14(22)5-7-18)17-20-15(9-16(24)21-17)13-3-2-8-19-10-13/h2-3,8-10,14H,4-7,11H2,1H3,(H,20,21,24). The third kappa shape index (κ3) is 2.42. The van der Waals surface area contributed by atoms with Gasteiger partial charge in [0.25, 0.3) is 5.56 Å². The monoisotopic (exact) mass is 324 g/mol. The molecule has 0 atom stereocenters. The highest BCUT2D eigenvalue weighted by molar-refractivity contribution is 5.74. The van der Waals surface area contributed by atoms with Gasteiger partial charge in [-0.3, -0.25) is 14.6 Å². The van der Waals surface area contributed by atoms with Crippen LogP contribution in [0.5, 0.6) is 0 Å². The predicted octanol–water partition coefficient (Wildman–Crippen LogP) is 1.87. The molecule has 2 saturated heterocycles. The number of piperidine rings is 2. The minimum Gasteiger partial charge on any atom is -0.339 e. The molecule has 6 heteroatoms. The van der Waals surface area contributed by atoms with E-state index in [1.807, 2.05) is 17.0 Å². The summed E-state index contributed by atoms with van der Waals surface area (Å²) in [6.07, 6.45) is 7.27. The summed E-state index contributed by atoms with van der Waals surface area (Å²) >= 11 is 0. The molecule has 0 radical (unpaired) electrons. The Morgan fingerprint density at radius 2 is 2.17 bits per heavy atom. The van der Waals surface area contributed by atoms with E-state index in [0.29, 0.717) is 24.1 Å². The van der Waals surface area contributed by atoms with Gasteiger partial charge in [0.15, 0.2) is 0 Å². The Bertz CT molecular complexity index is 822. The van der Waals surface area contributed by atoms with E-state index in [-0.39, 0.29) is 16.9 Å². The molecule has 5 rings (SSSR count). The summed E-state index contributed by atoms with van der Waals surface area (Å²) in [5.41, 5.74) is 1.07. The van der Waals surface area contributed by atoms with Gasteiger partial charge in [-0.25, -0.2) is 4.98 Å². The average molecular weight is 324 g/mol. The van der Waals surface area contributed by atoms with Crippen molar-refractivity contribution in [2.45, 2.75) is 44.1 Å². The van der Waals surface area contributed by atoms with Crippen molar-refractivity contribution in [1.29, 1.82) is 0 Å². The van der Waals surface area contributed by atoms with E-state index < -0.39 is 0 Å². The quantitative estimate of drug-likeness (QED) is 0.915. The molecule has 6 nitrogen and oxygen atoms in total. The van der Waals surface area contributed by atoms with Crippen molar-refractivity contribution in [3.8, 4) is 11.3 Å². The van der Waals surface area contributed by atoms with Crippen LogP contribution in [0.4, 0.5) is 0 Å². The molecule has 124 valence electrons. The molecule has 0 aromatic carbocycles. The average Bonchev–Trinajstić information content (AvgIpc) is 2.63. The van der Waals surface area contributed by atoms with Crippen molar-refractivity contribution < 1.29 is 4.79 Å². The maximum absolute atomic E-state index is 12.2. The number of aromatic nitrogens is 3. The second kappa shape index (κ2) is 5.54. The zero-order valence-corrected chi connectivity index (χ0v) is 13.7. The van der Waals surface area contributed by atoms with Gasteiger partial charge in [-0.15, -0.1) is 0 Å². The summed E-state index contributed by atoms with van der Waals surface area (Å²) in [5.74, 6) is 0.813. The number of rotatable bonds is 2. The minimum absolute atomic E-state index is 0.106. The third-order valence-electron chi connectivity index (χ3n) is 5.43. The number of carbonyl (C=O) groups excluding carboxylic acids is 1. The Hall–Kier alpha value is -2.50. The van der Waals surface area contributed by atoms with Crippen molar-refractivity contribution in [2.24, 2.45) is 0 Å². The first-order valence-electron chi connectivity index (χ1n) is 8.37. The molecule has 0 unspecified atom stereocenters. The summed E-state index contributed by atoms with van der Waals surface area (Å²) in [7, 11) is 0. The van der Waals surface area contributed by atoms with Crippen molar-refractivity contribution >= 4 is 5.91 Å². The van der Waals surface area contributed by atoms with Gasteiger partial charge in [-0.2, -0.15) is 0 Å². The number of pyridine rings is 1. The number of hydrogen-bond acceptors (Lipinski definition) is 4. The van der Waals surface area contributed by atoms with Gasteiger partial charge in [0, 0.05) is 48.9 Å². The highest BCUT2D eigenvalue weighted by Crippen LogP contribution is 2.45. The van der Waals surface area contributed by atoms with E-state index in [1.54, 1.807) is 19.3 Å². The van der Waals surface area contributed by atoms with Crippen LogP contribution in [-0.2, 0) is 10.2 Å². The zero-order valence-electron chi connectivity index (χ0n) is 13.7. The summed E-state index contributed by atoms with van der Waals surface area (Å²) in [6, 6.07) is 5.58. The molecule has 1 amide bonds. The van der Waals surface area contributed by atoms with Gasteiger partial charge in [0.1, 0.15) is 5.82 Å². The van der Waals surface area contributed by atoms with E-state index >= 15 is 0 Å². The number of H-pyrrole nitrogens is 1. The molecule has 1 N–H and O–H groups in total. The van der Waals surface area contributed by atoms with Crippen LogP contribution in [-0.4, -0.2) is 38.3 Å². The second-order valence-electron chi connectivity index (χ2n) is 6.88. The normalized spacial score (nSPS) is 25.7. The lowest BCUT2D eigenvalue weighted by molar-refractivity contribution is -0.137. The van der Waals surface area contributed by atoms with Crippen molar-refractivity contribution in [3.05, 3.63) is 46.8 Å². The predicted molar refractivity (Wildman–Crippen MR) is 89.4 cm³/mol. The van der Waals surface area contributed by atoms with Crippen molar-refractivity contribution in [1.82, 2.24) is 19.9 Å². The number of nitrogens with zero attached hydrogens (tertiary/aromatic N) is 3. The van der Waals surface area contributed by atoms with E-state index in [1.165, 1.54) is 6.07 Å². The molecule has 4 heterocycles. The van der Waals surface area contributed by atoms with Gasteiger partial charge in [-0.05, 0) is 37.8 Å². The lowest BCUT2D eigenvalue weighted by Gasteiger charge is -2.52. The topological polar surface area (TPSA) is 79.0 Å². The van der Waals surface area contributed by atoms with Crippen LogP contribution in [0.2, 0.25) is 0 Å². The molecule has 2 aliphatic heterocycles. The van der Waals surface area contributed by atoms with E-state index in [9.17, 15) is 9.59 Å². The number of carbonyl (C=O) groups is 1. The molecule has 2 aromatic rings. The molecule has 2 bridgehead atoms. The maximum Gasteiger partial charge on any atom is 0.251 e. The first-order chi connectivity index (χ1) is 11.6. The summed E-state index contributed by atoms with van der Waals surface area (Å²) < 4.78 is 0. The fourth-order valence-electron chi connectivity index (χ4n) is 4.13. The molecule has 0 spiro atoms. The summed E-state index contributed by atoms with van der Waals surface area (Å²) in [5, 5.41) is 0. The smallest absolute Gasteiger partial charge is 0.251 e. The fraction of sp³-hybridized carbons (Fsp3) is 0.444. The highest BCUT2D eigenvalue weighted by Gasteiger charge is 2.48. The lowest BCUT2D eigenvalue weighted by atomic mass is 9.67. The van der Waals surface area contributed by atoms with Crippen LogP contribution in [0.3, 0.4) is 0 Å². The number of amides is 1. The van der Waals surface area contributed by atoms with Crippen LogP contribution >= 0.6 is 0 Å². The second-order valence-corrected chi connectivity index (χ2v) is 6.88. The molecule has 3 fully saturated rings. The van der Waals surface area contributed by atoms with Crippen LogP contribution in [0.25, 0.3) is 11.3 Å². The van der Waals surface area contributed by atoms with E-state index in [0.717, 1.165) is 31.2 Å². The molecular formula is C18H20N4O2. The van der Waals surface area contributed by atoms with Crippen LogP contribution < -0.4 is 5.56 Å². The van der Waals surface area contributed by atoms with E-state index in [4.69, 9.17) is 4.98 Å². The van der Waals surface area contributed by atoms with Gasteiger partial charge in [0.2, 0.25) is 5.91 Å². The first kappa shape index (κ1) is 15.1. The van der Waals surface area contributed by atoms with Gasteiger partial charge >= 0.3 is 0 Å². The number of nitrogens with one attached hydrogen (secondary N) is 1. The van der Waals surface area contributed by atoms with Crippen molar-refractivity contribution in [2.75, 3.05) is 6.54 Å². The zero-order chi connectivity index (χ0) is 16.7.